The zero-order chi connectivity index (χ0) is 14.3. The highest BCUT2D eigenvalue weighted by Gasteiger charge is 2.11. The van der Waals surface area contributed by atoms with E-state index in [9.17, 15) is 8.78 Å². The fourth-order valence-electron chi connectivity index (χ4n) is 1.61. The Morgan fingerprint density at radius 3 is 2.68 bits per heavy atom. The second-order valence-electron chi connectivity index (χ2n) is 4.15. The normalized spacial score (nSPS) is 12.5. The Morgan fingerprint density at radius 2 is 2.11 bits per heavy atom. The third kappa shape index (κ3) is 5.40. The maximum atomic E-state index is 12.3. The van der Waals surface area contributed by atoms with Crippen LogP contribution >= 0.6 is 0 Å². The van der Waals surface area contributed by atoms with E-state index in [2.05, 4.69) is 10.1 Å². The van der Waals surface area contributed by atoms with Gasteiger partial charge in [0.1, 0.15) is 11.5 Å². The number of hydrogen-bond acceptors (Lipinski definition) is 4. The third-order valence-electron chi connectivity index (χ3n) is 2.69. The molecule has 19 heavy (non-hydrogen) atoms. The molecular weight excluding hydrogens is 256 g/mol. The Labute approximate surface area is 111 Å². The van der Waals surface area contributed by atoms with Crippen molar-refractivity contribution in [3.8, 4) is 11.5 Å². The molecule has 0 saturated heterocycles. The summed E-state index contributed by atoms with van der Waals surface area (Å²) in [5.41, 5.74) is 0.587. The quantitative estimate of drug-likeness (QED) is 0.763. The molecule has 0 aliphatic rings. The average molecular weight is 275 g/mol. The third-order valence-corrected chi connectivity index (χ3v) is 2.69. The van der Waals surface area contributed by atoms with Crippen molar-refractivity contribution in [2.75, 3.05) is 13.7 Å². The summed E-state index contributed by atoms with van der Waals surface area (Å²) in [5.74, 6) is 0.702. The number of nitrogens with one attached hydrogen (secondary N) is 1. The van der Waals surface area contributed by atoms with E-state index in [4.69, 9.17) is 9.84 Å². The molecule has 1 aromatic carbocycles. The van der Waals surface area contributed by atoms with E-state index in [0.717, 1.165) is 0 Å². The molecule has 0 aliphatic heterocycles. The first kappa shape index (κ1) is 15.7. The van der Waals surface area contributed by atoms with Gasteiger partial charge in [-0.15, -0.1) is 0 Å². The average Bonchev–Trinajstić information content (AvgIpc) is 2.37. The van der Waals surface area contributed by atoms with Crippen LogP contribution in [0.4, 0.5) is 8.78 Å². The lowest BCUT2D eigenvalue weighted by Crippen LogP contribution is -2.26. The van der Waals surface area contributed by atoms with Crippen LogP contribution in [0, 0.1) is 0 Å². The number of halogens is 2. The van der Waals surface area contributed by atoms with Gasteiger partial charge in [-0.2, -0.15) is 8.78 Å². The lowest BCUT2D eigenvalue weighted by molar-refractivity contribution is -0.0505. The zero-order valence-corrected chi connectivity index (χ0v) is 11.0. The van der Waals surface area contributed by atoms with Crippen molar-refractivity contribution < 1.29 is 23.4 Å². The van der Waals surface area contributed by atoms with Gasteiger partial charge in [0, 0.05) is 24.8 Å². The van der Waals surface area contributed by atoms with Gasteiger partial charge >= 0.3 is 6.61 Å². The first-order valence-electron chi connectivity index (χ1n) is 6.02. The van der Waals surface area contributed by atoms with Gasteiger partial charge in [0.2, 0.25) is 0 Å². The molecule has 0 spiro atoms. The van der Waals surface area contributed by atoms with Gasteiger partial charge in [-0.1, -0.05) is 0 Å². The van der Waals surface area contributed by atoms with Gasteiger partial charge < -0.3 is 19.9 Å². The van der Waals surface area contributed by atoms with Gasteiger partial charge in [-0.05, 0) is 31.5 Å². The summed E-state index contributed by atoms with van der Waals surface area (Å²) >= 11 is 0. The molecule has 108 valence electrons. The molecule has 1 atom stereocenters. The Bertz CT molecular complexity index is 388. The molecule has 1 aromatic rings. The fraction of sp³-hybridized carbons (Fsp3) is 0.538. The summed E-state index contributed by atoms with van der Waals surface area (Å²) in [6.07, 6.45) is 0.592. The highest BCUT2D eigenvalue weighted by Crippen LogP contribution is 2.25. The van der Waals surface area contributed by atoms with Crippen LogP contribution in [0.15, 0.2) is 18.2 Å². The number of rotatable bonds is 8. The summed E-state index contributed by atoms with van der Waals surface area (Å²) in [7, 11) is 1.51. The van der Waals surface area contributed by atoms with Crippen LogP contribution in [0.5, 0.6) is 11.5 Å². The zero-order valence-electron chi connectivity index (χ0n) is 11.0. The first-order valence-corrected chi connectivity index (χ1v) is 6.02. The number of aliphatic hydroxyl groups excluding tert-OH is 1. The van der Waals surface area contributed by atoms with Crippen LogP contribution in [0.2, 0.25) is 0 Å². The highest BCUT2D eigenvalue weighted by atomic mass is 19.3. The van der Waals surface area contributed by atoms with Crippen molar-refractivity contribution in [1.82, 2.24) is 5.32 Å². The summed E-state index contributed by atoms with van der Waals surface area (Å²) in [6.45, 7) is -0.515. The Hall–Kier alpha value is -1.40. The predicted octanol–water partition coefficient (Wildman–Crippen LogP) is 2.16. The predicted molar refractivity (Wildman–Crippen MR) is 67.6 cm³/mol. The highest BCUT2D eigenvalue weighted by molar-refractivity contribution is 5.40. The maximum absolute atomic E-state index is 12.3. The smallest absolute Gasteiger partial charge is 0.387 e. The van der Waals surface area contributed by atoms with E-state index in [-0.39, 0.29) is 18.4 Å². The molecule has 0 amide bonds. The van der Waals surface area contributed by atoms with Gasteiger partial charge in [-0.25, -0.2) is 0 Å². The molecule has 0 aliphatic carbocycles. The topological polar surface area (TPSA) is 50.7 Å². The minimum Gasteiger partial charge on any atom is -0.497 e. The number of methoxy groups -OCH3 is 1. The Balaban J connectivity index is 2.76. The number of benzene rings is 1. The molecule has 2 N–H and O–H groups in total. The van der Waals surface area contributed by atoms with Crippen molar-refractivity contribution in [3.05, 3.63) is 23.8 Å². The molecular formula is C13H19F2NO3. The van der Waals surface area contributed by atoms with E-state index in [1.165, 1.54) is 13.2 Å². The largest absolute Gasteiger partial charge is 0.497 e. The van der Waals surface area contributed by atoms with Crippen molar-refractivity contribution >= 4 is 0 Å². The Kier molecular flexibility index (Phi) is 6.52. The Morgan fingerprint density at radius 1 is 1.37 bits per heavy atom. The van der Waals surface area contributed by atoms with Crippen LogP contribution < -0.4 is 14.8 Å². The lowest BCUT2D eigenvalue weighted by atomic mass is 10.1. The first-order chi connectivity index (χ1) is 9.06. The SMILES string of the molecule is COc1ccc(OC(F)F)c(CN[C@H](C)CCO)c1. The van der Waals surface area contributed by atoms with E-state index < -0.39 is 6.61 Å². The van der Waals surface area contributed by atoms with E-state index in [1.807, 2.05) is 6.92 Å². The fourth-order valence-corrected chi connectivity index (χ4v) is 1.61. The molecule has 6 heteroatoms. The number of ether oxygens (including phenoxy) is 2. The van der Waals surface area contributed by atoms with E-state index >= 15 is 0 Å². The summed E-state index contributed by atoms with van der Waals surface area (Å²) in [4.78, 5) is 0. The van der Waals surface area contributed by atoms with Crippen LogP contribution in [-0.2, 0) is 6.54 Å². The summed E-state index contributed by atoms with van der Waals surface area (Å²) in [6, 6.07) is 4.75. The van der Waals surface area contributed by atoms with E-state index in [1.54, 1.807) is 12.1 Å². The minimum absolute atomic E-state index is 0.0761. The molecule has 0 unspecified atom stereocenters. The molecule has 0 heterocycles. The number of hydrogen-bond donors (Lipinski definition) is 2. The molecule has 0 bridgehead atoms. The maximum Gasteiger partial charge on any atom is 0.387 e. The molecule has 1 rings (SSSR count). The second-order valence-corrected chi connectivity index (χ2v) is 4.15. The standard InChI is InChI=1S/C13H19F2NO3/c1-9(5-6-17)16-8-10-7-11(18-2)3-4-12(10)19-13(14)15/h3-4,7,9,13,16-17H,5-6,8H2,1-2H3/t9-/m1/s1. The van der Waals surface area contributed by atoms with Crippen LogP contribution in [0.1, 0.15) is 18.9 Å². The monoisotopic (exact) mass is 275 g/mol. The minimum atomic E-state index is -2.86. The van der Waals surface area contributed by atoms with Crippen LogP contribution in [0.3, 0.4) is 0 Å². The molecule has 4 nitrogen and oxygen atoms in total. The van der Waals surface area contributed by atoms with E-state index in [0.29, 0.717) is 24.3 Å². The molecule has 0 saturated carbocycles. The van der Waals surface area contributed by atoms with Crippen molar-refractivity contribution in [2.24, 2.45) is 0 Å². The van der Waals surface area contributed by atoms with Gasteiger partial charge in [0.25, 0.3) is 0 Å². The van der Waals surface area contributed by atoms with Gasteiger partial charge in [0.15, 0.2) is 0 Å². The van der Waals surface area contributed by atoms with Crippen molar-refractivity contribution in [1.29, 1.82) is 0 Å². The second kappa shape index (κ2) is 7.91. The molecule has 0 fully saturated rings. The van der Waals surface area contributed by atoms with Gasteiger partial charge in [-0.3, -0.25) is 0 Å². The van der Waals surface area contributed by atoms with Crippen LogP contribution in [-0.4, -0.2) is 31.5 Å². The number of aliphatic hydroxyl groups is 1. The summed E-state index contributed by atoms with van der Waals surface area (Å²) < 4.78 is 34.1. The molecule has 0 radical (unpaired) electrons. The van der Waals surface area contributed by atoms with Gasteiger partial charge in [0.05, 0.1) is 7.11 Å². The molecule has 0 aromatic heterocycles. The van der Waals surface area contributed by atoms with Crippen molar-refractivity contribution in [3.63, 3.8) is 0 Å². The number of alkyl halides is 2. The lowest BCUT2D eigenvalue weighted by Gasteiger charge is -2.16. The summed E-state index contributed by atoms with van der Waals surface area (Å²) in [5, 5.41) is 11.9. The van der Waals surface area contributed by atoms with Crippen molar-refractivity contribution in [2.45, 2.75) is 32.5 Å². The van der Waals surface area contributed by atoms with Crippen LogP contribution in [0.25, 0.3) is 0 Å².